The molecule has 0 aliphatic carbocycles. The van der Waals surface area contributed by atoms with Gasteiger partial charge in [-0.3, -0.25) is 9.78 Å². The number of hydrogen-bond acceptors (Lipinski definition) is 5. The predicted octanol–water partition coefficient (Wildman–Crippen LogP) is 3.25. The van der Waals surface area contributed by atoms with Crippen LogP contribution in [0.25, 0.3) is 0 Å². The van der Waals surface area contributed by atoms with Crippen molar-refractivity contribution >= 4 is 23.4 Å². The number of aromatic nitrogens is 3. The van der Waals surface area contributed by atoms with E-state index in [0.717, 1.165) is 21.5 Å². The summed E-state index contributed by atoms with van der Waals surface area (Å²) in [5.74, 6) is 0.669. The Hall–Kier alpha value is -2.80. The maximum atomic E-state index is 12.7. The minimum Gasteiger partial charge on any atom is -0.497 e. The topological polar surface area (TPSA) is 60.2 Å². The van der Waals surface area contributed by atoms with Crippen molar-refractivity contribution in [1.82, 2.24) is 14.5 Å². The first-order valence-electron chi connectivity index (χ1n) is 7.62. The minimum atomic E-state index is -0.135. The van der Waals surface area contributed by atoms with Gasteiger partial charge in [-0.15, -0.1) is 0 Å². The molecule has 0 bridgehead atoms. The summed E-state index contributed by atoms with van der Waals surface area (Å²) in [6.07, 6.45) is 4.93. The van der Waals surface area contributed by atoms with Crippen molar-refractivity contribution < 1.29 is 9.53 Å². The van der Waals surface area contributed by atoms with Gasteiger partial charge >= 0.3 is 0 Å². The third kappa shape index (κ3) is 3.66. The van der Waals surface area contributed by atoms with E-state index in [1.54, 1.807) is 48.3 Å². The summed E-state index contributed by atoms with van der Waals surface area (Å²) in [5.41, 5.74) is 1.25. The van der Waals surface area contributed by atoms with Crippen LogP contribution in [0.1, 0.15) is 10.5 Å². The number of rotatable bonds is 5. The van der Waals surface area contributed by atoms with E-state index >= 15 is 0 Å². The molecular formula is C18H18N4O2S. The second-order valence-electron chi connectivity index (χ2n) is 5.34. The van der Waals surface area contributed by atoms with Crippen LogP contribution in [0.5, 0.6) is 5.75 Å². The second kappa shape index (κ2) is 7.40. The molecule has 0 N–H and O–H groups in total. The zero-order valence-electron chi connectivity index (χ0n) is 14.2. The zero-order chi connectivity index (χ0) is 17.8. The average molecular weight is 354 g/mol. The molecule has 1 aromatic carbocycles. The van der Waals surface area contributed by atoms with Gasteiger partial charge in [0.15, 0.2) is 5.16 Å². The highest BCUT2D eigenvalue weighted by atomic mass is 32.2. The van der Waals surface area contributed by atoms with Gasteiger partial charge in [0.1, 0.15) is 11.4 Å². The van der Waals surface area contributed by atoms with Crippen molar-refractivity contribution in [3.05, 3.63) is 60.7 Å². The molecule has 3 aromatic rings. The number of carbonyl (C=O) groups excluding carboxylic acids is 1. The Morgan fingerprint density at radius 1 is 1.20 bits per heavy atom. The number of amides is 1. The summed E-state index contributed by atoms with van der Waals surface area (Å²) in [5, 5.41) is 0.744. The van der Waals surface area contributed by atoms with Gasteiger partial charge in [0.05, 0.1) is 25.2 Å². The molecule has 3 rings (SSSR count). The van der Waals surface area contributed by atoms with Crippen LogP contribution in [0.15, 0.2) is 65.0 Å². The van der Waals surface area contributed by atoms with Crippen molar-refractivity contribution in [3.63, 3.8) is 0 Å². The van der Waals surface area contributed by atoms with E-state index in [1.807, 2.05) is 37.4 Å². The SMILES string of the molecule is COc1ccc(Sc2ncc(C(=O)N(C)c3cccnc3)n2C)cc1. The van der Waals surface area contributed by atoms with E-state index in [2.05, 4.69) is 9.97 Å². The highest BCUT2D eigenvalue weighted by Crippen LogP contribution is 2.28. The number of nitrogens with zero attached hydrogens (tertiary/aromatic N) is 4. The van der Waals surface area contributed by atoms with E-state index in [0.29, 0.717) is 5.69 Å². The summed E-state index contributed by atoms with van der Waals surface area (Å²) in [6.45, 7) is 0. The van der Waals surface area contributed by atoms with Crippen LogP contribution in [0.3, 0.4) is 0 Å². The molecular weight excluding hydrogens is 336 g/mol. The second-order valence-corrected chi connectivity index (χ2v) is 6.38. The third-order valence-electron chi connectivity index (χ3n) is 3.77. The minimum absolute atomic E-state index is 0.135. The fraction of sp³-hybridized carbons (Fsp3) is 0.167. The molecule has 0 fully saturated rings. The molecule has 0 saturated heterocycles. The lowest BCUT2D eigenvalue weighted by Gasteiger charge is -2.17. The molecule has 0 atom stereocenters. The first-order valence-corrected chi connectivity index (χ1v) is 8.43. The van der Waals surface area contributed by atoms with Crippen molar-refractivity contribution in [3.8, 4) is 5.75 Å². The standard InChI is InChI=1S/C18H18N4O2S/c1-21(13-5-4-10-19-11-13)17(23)16-12-20-18(22(16)2)25-15-8-6-14(24-3)7-9-15/h4-12H,1-3H3. The average Bonchev–Trinajstić information content (AvgIpc) is 3.02. The number of anilines is 1. The smallest absolute Gasteiger partial charge is 0.276 e. The quantitative estimate of drug-likeness (QED) is 0.704. The number of benzene rings is 1. The largest absolute Gasteiger partial charge is 0.497 e. The van der Waals surface area contributed by atoms with E-state index in [4.69, 9.17) is 4.74 Å². The van der Waals surface area contributed by atoms with Gasteiger partial charge in [0, 0.05) is 25.2 Å². The zero-order valence-corrected chi connectivity index (χ0v) is 15.0. The Bertz CT molecular complexity index is 863. The summed E-state index contributed by atoms with van der Waals surface area (Å²) < 4.78 is 6.96. The number of carbonyl (C=O) groups is 1. The number of pyridine rings is 1. The fourth-order valence-electron chi connectivity index (χ4n) is 2.28. The highest BCUT2D eigenvalue weighted by Gasteiger charge is 2.19. The maximum absolute atomic E-state index is 12.7. The molecule has 1 amide bonds. The number of methoxy groups -OCH3 is 1. The molecule has 7 heteroatoms. The molecule has 25 heavy (non-hydrogen) atoms. The van der Waals surface area contributed by atoms with Gasteiger partial charge in [0.25, 0.3) is 5.91 Å². The molecule has 0 spiro atoms. The van der Waals surface area contributed by atoms with Gasteiger partial charge < -0.3 is 14.2 Å². The Kier molecular flexibility index (Phi) is 5.04. The summed E-state index contributed by atoms with van der Waals surface area (Å²) in [6, 6.07) is 11.4. The van der Waals surface area contributed by atoms with Crippen molar-refractivity contribution in [2.24, 2.45) is 7.05 Å². The summed E-state index contributed by atoms with van der Waals surface area (Å²) >= 11 is 1.49. The van der Waals surface area contributed by atoms with E-state index in [-0.39, 0.29) is 5.91 Å². The Morgan fingerprint density at radius 3 is 2.60 bits per heavy atom. The highest BCUT2D eigenvalue weighted by molar-refractivity contribution is 7.99. The van der Waals surface area contributed by atoms with Crippen molar-refractivity contribution in [2.45, 2.75) is 10.1 Å². The van der Waals surface area contributed by atoms with E-state index in [1.165, 1.54) is 11.8 Å². The molecule has 0 aliphatic heterocycles. The molecule has 0 aliphatic rings. The monoisotopic (exact) mass is 354 g/mol. The summed E-state index contributed by atoms with van der Waals surface area (Å²) in [7, 11) is 5.20. The lowest BCUT2D eigenvalue weighted by Crippen LogP contribution is -2.28. The Labute approximate surface area is 150 Å². The van der Waals surface area contributed by atoms with Crippen LogP contribution in [-0.2, 0) is 7.05 Å². The molecule has 2 aromatic heterocycles. The fourth-order valence-corrected chi connectivity index (χ4v) is 3.10. The van der Waals surface area contributed by atoms with Crippen LogP contribution in [-0.4, -0.2) is 34.6 Å². The Morgan fingerprint density at radius 2 is 1.96 bits per heavy atom. The van der Waals surface area contributed by atoms with Gasteiger partial charge in [-0.25, -0.2) is 4.98 Å². The molecule has 0 radical (unpaired) electrons. The third-order valence-corrected chi connectivity index (χ3v) is 4.84. The lowest BCUT2D eigenvalue weighted by molar-refractivity contribution is 0.0984. The van der Waals surface area contributed by atoms with E-state index < -0.39 is 0 Å². The van der Waals surface area contributed by atoms with Crippen molar-refractivity contribution in [1.29, 1.82) is 0 Å². The van der Waals surface area contributed by atoms with Gasteiger partial charge in [-0.2, -0.15) is 0 Å². The van der Waals surface area contributed by atoms with E-state index in [9.17, 15) is 4.79 Å². The van der Waals surface area contributed by atoms with Gasteiger partial charge in [-0.05, 0) is 36.4 Å². The van der Waals surface area contributed by atoms with Gasteiger partial charge in [-0.1, -0.05) is 11.8 Å². The van der Waals surface area contributed by atoms with Crippen LogP contribution in [0.2, 0.25) is 0 Å². The van der Waals surface area contributed by atoms with Crippen LogP contribution >= 0.6 is 11.8 Å². The predicted molar refractivity (Wildman–Crippen MR) is 97.3 cm³/mol. The first kappa shape index (κ1) is 17.0. The van der Waals surface area contributed by atoms with Crippen LogP contribution in [0.4, 0.5) is 5.69 Å². The number of ether oxygens (including phenoxy) is 1. The van der Waals surface area contributed by atoms with Crippen molar-refractivity contribution in [2.75, 3.05) is 19.1 Å². The molecule has 0 unspecified atom stereocenters. The van der Waals surface area contributed by atoms with Gasteiger partial charge in [0.2, 0.25) is 0 Å². The molecule has 6 nitrogen and oxygen atoms in total. The number of imidazole rings is 1. The molecule has 0 saturated carbocycles. The molecule has 2 heterocycles. The van der Waals surface area contributed by atoms with Crippen LogP contribution < -0.4 is 9.64 Å². The first-order chi connectivity index (χ1) is 12.1. The maximum Gasteiger partial charge on any atom is 0.276 e. The molecule has 128 valence electrons. The normalized spacial score (nSPS) is 10.5. The number of hydrogen-bond donors (Lipinski definition) is 0. The van der Waals surface area contributed by atoms with Crippen LogP contribution in [0, 0.1) is 0 Å². The Balaban J connectivity index is 1.79. The summed E-state index contributed by atoms with van der Waals surface area (Å²) in [4.78, 5) is 23.7. The lowest BCUT2D eigenvalue weighted by atomic mass is 10.3.